The highest BCUT2D eigenvalue weighted by Crippen LogP contribution is 2.44. The molecule has 136 valence electrons. The van der Waals surface area contributed by atoms with Gasteiger partial charge in [-0.3, -0.25) is 5.10 Å². The average molecular weight is 382 g/mol. The first-order valence-electron chi connectivity index (χ1n) is 8.39. The van der Waals surface area contributed by atoms with Gasteiger partial charge in [-0.05, 0) is 32.0 Å². The molecule has 2 aromatic heterocycles. The fourth-order valence-corrected chi connectivity index (χ4v) is 3.56. The number of halogens is 1. The summed E-state index contributed by atoms with van der Waals surface area (Å²) < 4.78 is 11.0. The van der Waals surface area contributed by atoms with Crippen molar-refractivity contribution in [2.45, 2.75) is 19.8 Å². The highest BCUT2D eigenvalue weighted by atomic mass is 35.5. The lowest BCUT2D eigenvalue weighted by molar-refractivity contribution is 0.340. The van der Waals surface area contributed by atoms with Gasteiger partial charge >= 0.3 is 0 Å². The van der Waals surface area contributed by atoms with E-state index in [1.54, 1.807) is 0 Å². The van der Waals surface area contributed by atoms with E-state index < -0.39 is 5.92 Å². The molecule has 0 radical (unpaired) electrons. The normalized spacial score (nSPS) is 16.0. The molecule has 7 nitrogen and oxygen atoms in total. The van der Waals surface area contributed by atoms with E-state index in [0.717, 1.165) is 22.4 Å². The van der Waals surface area contributed by atoms with Crippen molar-refractivity contribution in [3.05, 3.63) is 57.7 Å². The lowest BCUT2D eigenvalue weighted by Crippen LogP contribution is -2.21. The van der Waals surface area contributed by atoms with Crippen LogP contribution < -0.4 is 15.2 Å². The van der Waals surface area contributed by atoms with Crippen LogP contribution in [-0.4, -0.2) is 21.8 Å². The summed E-state index contributed by atoms with van der Waals surface area (Å²) in [7, 11) is 0. The highest BCUT2D eigenvalue weighted by Gasteiger charge is 2.35. The van der Waals surface area contributed by atoms with Crippen LogP contribution in [0.25, 0.3) is 10.9 Å². The van der Waals surface area contributed by atoms with Crippen LogP contribution in [0.5, 0.6) is 11.6 Å². The number of pyridine rings is 1. The Bertz CT molecular complexity index is 1130. The van der Waals surface area contributed by atoms with E-state index in [1.165, 1.54) is 0 Å². The standard InChI is InChI=1S/C19H16ClN5O2/c1-3-26-11-5-4-10-6-12(17(20)23-14(10)7-11)16-13(8-21)18(22)27-19-15(16)9(2)24-25-19/h4-7,16H,3,22H2,1-2H3,(H,24,25). The van der Waals surface area contributed by atoms with Gasteiger partial charge in [0.25, 0.3) is 0 Å². The van der Waals surface area contributed by atoms with Crippen molar-refractivity contribution in [1.82, 2.24) is 15.2 Å². The van der Waals surface area contributed by atoms with E-state index in [-0.39, 0.29) is 16.6 Å². The molecular weight excluding hydrogens is 366 g/mol. The van der Waals surface area contributed by atoms with Crippen LogP contribution in [0.15, 0.2) is 35.7 Å². The van der Waals surface area contributed by atoms with Crippen molar-refractivity contribution < 1.29 is 9.47 Å². The maximum atomic E-state index is 9.67. The largest absolute Gasteiger partial charge is 0.494 e. The quantitative estimate of drug-likeness (QED) is 0.671. The number of nitrogens with zero attached hydrogens (tertiary/aromatic N) is 3. The molecule has 0 saturated heterocycles. The Hall–Kier alpha value is -3.24. The molecule has 0 aliphatic carbocycles. The first-order valence-corrected chi connectivity index (χ1v) is 8.76. The predicted octanol–water partition coefficient (Wildman–Crippen LogP) is 3.54. The Labute approximate surface area is 160 Å². The number of hydrogen-bond donors (Lipinski definition) is 2. The molecule has 0 spiro atoms. The Morgan fingerprint density at radius 3 is 2.96 bits per heavy atom. The zero-order chi connectivity index (χ0) is 19.1. The Kier molecular flexibility index (Phi) is 4.13. The fourth-order valence-electron chi connectivity index (χ4n) is 3.31. The summed E-state index contributed by atoms with van der Waals surface area (Å²) in [5.74, 6) is 0.580. The average Bonchev–Trinajstić information content (AvgIpc) is 3.01. The molecule has 1 aliphatic rings. The summed E-state index contributed by atoms with van der Waals surface area (Å²) in [6.45, 7) is 4.34. The second-order valence-electron chi connectivity index (χ2n) is 6.15. The molecule has 4 rings (SSSR count). The number of hydrogen-bond acceptors (Lipinski definition) is 6. The first kappa shape index (κ1) is 17.2. The van der Waals surface area contributed by atoms with E-state index in [1.807, 2.05) is 38.1 Å². The third-order valence-corrected chi connectivity index (χ3v) is 4.82. The zero-order valence-corrected chi connectivity index (χ0v) is 15.5. The van der Waals surface area contributed by atoms with Gasteiger partial charge in [0.1, 0.15) is 22.5 Å². The maximum absolute atomic E-state index is 9.67. The summed E-state index contributed by atoms with van der Waals surface area (Å²) >= 11 is 6.53. The number of aromatic amines is 1. The van der Waals surface area contributed by atoms with Gasteiger partial charge in [0.15, 0.2) is 0 Å². The molecule has 0 amide bonds. The lowest BCUT2D eigenvalue weighted by Gasteiger charge is -2.24. The summed E-state index contributed by atoms with van der Waals surface area (Å²) in [6, 6.07) is 9.68. The number of rotatable bonds is 3. The Morgan fingerprint density at radius 1 is 1.41 bits per heavy atom. The molecule has 0 bridgehead atoms. The lowest BCUT2D eigenvalue weighted by atomic mass is 9.84. The second kappa shape index (κ2) is 6.49. The number of aryl methyl sites for hydroxylation is 1. The summed E-state index contributed by atoms with van der Waals surface area (Å²) in [5, 5.41) is 17.8. The number of fused-ring (bicyclic) bond motifs is 2. The Balaban J connectivity index is 1.93. The van der Waals surface area contributed by atoms with Crippen molar-refractivity contribution in [1.29, 1.82) is 5.26 Å². The topological polar surface area (TPSA) is 110 Å². The fraction of sp³-hybridized carbons (Fsp3) is 0.211. The van der Waals surface area contributed by atoms with Gasteiger partial charge in [-0.15, -0.1) is 5.10 Å². The van der Waals surface area contributed by atoms with E-state index in [0.29, 0.717) is 23.6 Å². The van der Waals surface area contributed by atoms with Crippen LogP contribution in [0.4, 0.5) is 0 Å². The van der Waals surface area contributed by atoms with Crippen LogP contribution in [0.1, 0.15) is 29.7 Å². The maximum Gasteiger partial charge on any atom is 0.244 e. The van der Waals surface area contributed by atoms with Crippen molar-refractivity contribution in [2.24, 2.45) is 5.73 Å². The molecule has 0 saturated carbocycles. The number of ether oxygens (including phenoxy) is 2. The minimum absolute atomic E-state index is 0.0179. The molecule has 3 aromatic rings. The van der Waals surface area contributed by atoms with Crippen LogP contribution in [-0.2, 0) is 0 Å². The molecular formula is C19H16ClN5O2. The Morgan fingerprint density at radius 2 is 2.22 bits per heavy atom. The molecule has 1 unspecified atom stereocenters. The van der Waals surface area contributed by atoms with Gasteiger partial charge in [-0.2, -0.15) is 5.26 Å². The van der Waals surface area contributed by atoms with E-state index in [2.05, 4.69) is 21.3 Å². The molecule has 3 N–H and O–H groups in total. The van der Waals surface area contributed by atoms with Gasteiger partial charge in [0.05, 0.1) is 18.0 Å². The van der Waals surface area contributed by atoms with Crippen molar-refractivity contribution in [3.63, 3.8) is 0 Å². The van der Waals surface area contributed by atoms with Crippen LogP contribution in [0.2, 0.25) is 5.15 Å². The number of allylic oxidation sites excluding steroid dienone is 1. The molecule has 1 aliphatic heterocycles. The smallest absolute Gasteiger partial charge is 0.244 e. The summed E-state index contributed by atoms with van der Waals surface area (Å²) in [5.41, 5.74) is 9.12. The summed E-state index contributed by atoms with van der Waals surface area (Å²) in [4.78, 5) is 4.52. The van der Waals surface area contributed by atoms with Gasteiger partial charge < -0.3 is 15.2 Å². The van der Waals surface area contributed by atoms with Crippen LogP contribution >= 0.6 is 11.6 Å². The van der Waals surface area contributed by atoms with Gasteiger partial charge in [-0.1, -0.05) is 11.6 Å². The minimum atomic E-state index is -0.506. The van der Waals surface area contributed by atoms with Crippen molar-refractivity contribution >= 4 is 22.5 Å². The van der Waals surface area contributed by atoms with E-state index >= 15 is 0 Å². The second-order valence-corrected chi connectivity index (χ2v) is 6.51. The number of benzene rings is 1. The highest BCUT2D eigenvalue weighted by molar-refractivity contribution is 6.30. The molecule has 3 heterocycles. The van der Waals surface area contributed by atoms with Gasteiger partial charge in [0, 0.05) is 28.3 Å². The van der Waals surface area contributed by atoms with Crippen LogP contribution in [0, 0.1) is 18.3 Å². The van der Waals surface area contributed by atoms with E-state index in [4.69, 9.17) is 26.8 Å². The van der Waals surface area contributed by atoms with Gasteiger partial charge in [-0.25, -0.2) is 4.98 Å². The third kappa shape index (κ3) is 2.75. The number of H-pyrrole nitrogens is 1. The van der Waals surface area contributed by atoms with Gasteiger partial charge in [0.2, 0.25) is 11.8 Å². The third-order valence-electron chi connectivity index (χ3n) is 4.52. The minimum Gasteiger partial charge on any atom is -0.494 e. The molecule has 27 heavy (non-hydrogen) atoms. The van der Waals surface area contributed by atoms with Crippen molar-refractivity contribution in [2.75, 3.05) is 6.61 Å². The summed E-state index contributed by atoms with van der Waals surface area (Å²) in [6.07, 6.45) is 0. The van der Waals surface area contributed by atoms with Crippen LogP contribution in [0.3, 0.4) is 0 Å². The molecule has 1 atom stereocenters. The monoisotopic (exact) mass is 381 g/mol. The number of aromatic nitrogens is 3. The predicted molar refractivity (Wildman–Crippen MR) is 101 cm³/mol. The number of nitrogens with one attached hydrogen (secondary N) is 1. The van der Waals surface area contributed by atoms with E-state index in [9.17, 15) is 5.26 Å². The molecule has 1 aromatic carbocycles. The number of nitrogens with two attached hydrogens (primary N) is 1. The molecule has 8 heteroatoms. The number of nitriles is 1. The SMILES string of the molecule is CCOc1ccc2cc(C3C(C#N)=C(N)Oc4n[nH]c(C)c43)c(Cl)nc2c1. The van der Waals surface area contributed by atoms with Crippen molar-refractivity contribution in [3.8, 4) is 17.7 Å². The first-order chi connectivity index (χ1) is 13.0. The molecule has 0 fully saturated rings. The zero-order valence-electron chi connectivity index (χ0n) is 14.7.